The average molecular weight is 284 g/mol. The second-order valence-corrected chi connectivity index (χ2v) is 4.33. The summed E-state index contributed by atoms with van der Waals surface area (Å²) in [5.41, 5.74) is 0.102. The van der Waals surface area contributed by atoms with Gasteiger partial charge in [-0.3, -0.25) is 0 Å². The molecule has 1 heterocycles. The van der Waals surface area contributed by atoms with Crippen LogP contribution >= 0.6 is 0 Å². The van der Waals surface area contributed by atoms with Crippen LogP contribution in [0.3, 0.4) is 0 Å². The summed E-state index contributed by atoms with van der Waals surface area (Å²) in [6, 6.07) is 5.06. The molecule has 0 aliphatic rings. The lowest BCUT2D eigenvalue weighted by Crippen LogP contribution is -2.13. The van der Waals surface area contributed by atoms with Crippen LogP contribution in [0.1, 0.15) is 23.9 Å². The number of hydrogen-bond acceptors (Lipinski definition) is 3. The first-order valence-corrected chi connectivity index (χ1v) is 6.24. The first kappa shape index (κ1) is 14.5. The number of benzene rings is 1. The van der Waals surface area contributed by atoms with Crippen LogP contribution in [-0.2, 0) is 19.3 Å². The zero-order valence-corrected chi connectivity index (χ0v) is 11.0. The molecule has 20 heavy (non-hydrogen) atoms. The van der Waals surface area contributed by atoms with Crippen LogP contribution in [-0.4, -0.2) is 21.3 Å². The standard InChI is InChI=1S/C13H15F3N4/c1-2-17-7-12-18-9-20(19-12)8-10-3-5-11(6-4-10)13(14,15)16/h3-6,9,17H,2,7-8H2,1H3. The molecule has 0 saturated carbocycles. The van der Waals surface area contributed by atoms with Gasteiger partial charge in [0.05, 0.1) is 18.7 Å². The Kier molecular flexibility index (Phi) is 4.39. The number of rotatable bonds is 5. The maximum absolute atomic E-state index is 12.4. The van der Waals surface area contributed by atoms with Gasteiger partial charge in [-0.05, 0) is 24.2 Å². The zero-order valence-electron chi connectivity index (χ0n) is 11.0. The van der Waals surface area contributed by atoms with Crippen molar-refractivity contribution in [2.75, 3.05) is 6.54 Å². The van der Waals surface area contributed by atoms with Crippen LogP contribution in [0.5, 0.6) is 0 Å². The summed E-state index contributed by atoms with van der Waals surface area (Å²) < 4.78 is 38.9. The second-order valence-electron chi connectivity index (χ2n) is 4.33. The molecular formula is C13H15F3N4. The predicted molar refractivity (Wildman–Crippen MR) is 67.9 cm³/mol. The highest BCUT2D eigenvalue weighted by Crippen LogP contribution is 2.29. The Balaban J connectivity index is 2.01. The number of hydrogen-bond donors (Lipinski definition) is 1. The largest absolute Gasteiger partial charge is 0.416 e. The molecule has 0 aliphatic carbocycles. The average Bonchev–Trinajstić information content (AvgIpc) is 2.83. The summed E-state index contributed by atoms with van der Waals surface area (Å²) in [5, 5.41) is 7.34. The maximum Gasteiger partial charge on any atom is 0.416 e. The first-order valence-electron chi connectivity index (χ1n) is 6.24. The molecule has 1 aromatic heterocycles. The van der Waals surface area contributed by atoms with Crippen molar-refractivity contribution in [3.8, 4) is 0 Å². The van der Waals surface area contributed by atoms with Crippen molar-refractivity contribution in [3.63, 3.8) is 0 Å². The Morgan fingerprint density at radius 2 is 1.90 bits per heavy atom. The summed E-state index contributed by atoms with van der Waals surface area (Å²) in [6.45, 7) is 3.79. The SMILES string of the molecule is CCNCc1ncn(Cc2ccc(C(F)(F)F)cc2)n1. The van der Waals surface area contributed by atoms with E-state index in [4.69, 9.17) is 0 Å². The lowest BCUT2D eigenvalue weighted by molar-refractivity contribution is -0.137. The van der Waals surface area contributed by atoms with Crippen LogP contribution in [0.4, 0.5) is 13.2 Å². The molecule has 0 atom stereocenters. The highest BCUT2D eigenvalue weighted by molar-refractivity contribution is 5.24. The number of nitrogens with zero attached hydrogens (tertiary/aromatic N) is 3. The van der Waals surface area contributed by atoms with Gasteiger partial charge in [0, 0.05) is 0 Å². The van der Waals surface area contributed by atoms with E-state index >= 15 is 0 Å². The molecule has 1 aromatic carbocycles. The summed E-state index contributed by atoms with van der Waals surface area (Å²) in [5.74, 6) is 0.666. The zero-order chi connectivity index (χ0) is 14.6. The topological polar surface area (TPSA) is 42.7 Å². The molecule has 0 amide bonds. The molecule has 7 heteroatoms. The Labute approximate surface area is 114 Å². The fourth-order valence-corrected chi connectivity index (χ4v) is 1.71. The van der Waals surface area contributed by atoms with Crippen LogP contribution in [0.15, 0.2) is 30.6 Å². The van der Waals surface area contributed by atoms with E-state index in [1.165, 1.54) is 12.1 Å². The fourth-order valence-electron chi connectivity index (χ4n) is 1.71. The van der Waals surface area contributed by atoms with Gasteiger partial charge in [0.15, 0.2) is 5.82 Å². The number of halogens is 3. The predicted octanol–water partition coefficient (Wildman–Crippen LogP) is 2.45. The van der Waals surface area contributed by atoms with E-state index in [0.717, 1.165) is 24.2 Å². The van der Waals surface area contributed by atoms with Gasteiger partial charge in [0.2, 0.25) is 0 Å². The second kappa shape index (κ2) is 6.04. The molecule has 2 aromatic rings. The van der Waals surface area contributed by atoms with Crippen LogP contribution in [0.2, 0.25) is 0 Å². The monoisotopic (exact) mass is 284 g/mol. The third-order valence-electron chi connectivity index (χ3n) is 2.74. The molecule has 108 valence electrons. The van der Waals surface area contributed by atoms with Crippen molar-refractivity contribution in [1.29, 1.82) is 0 Å². The quantitative estimate of drug-likeness (QED) is 0.917. The minimum absolute atomic E-state index is 0.400. The molecular weight excluding hydrogens is 269 g/mol. The maximum atomic E-state index is 12.4. The van der Waals surface area contributed by atoms with Gasteiger partial charge in [-0.1, -0.05) is 19.1 Å². The molecule has 4 nitrogen and oxygen atoms in total. The molecule has 0 spiro atoms. The van der Waals surface area contributed by atoms with Crippen molar-refractivity contribution < 1.29 is 13.2 Å². The normalized spacial score (nSPS) is 11.8. The molecule has 0 saturated heterocycles. The summed E-state index contributed by atoms with van der Waals surface area (Å²) in [6.07, 6.45) is -2.73. The number of alkyl halides is 3. The number of aromatic nitrogens is 3. The molecule has 0 unspecified atom stereocenters. The first-order chi connectivity index (χ1) is 9.49. The van der Waals surface area contributed by atoms with Crippen molar-refractivity contribution in [2.45, 2.75) is 26.2 Å². The van der Waals surface area contributed by atoms with Crippen molar-refractivity contribution in [1.82, 2.24) is 20.1 Å². The van der Waals surface area contributed by atoms with Gasteiger partial charge in [-0.15, -0.1) is 0 Å². The molecule has 0 aliphatic heterocycles. The summed E-state index contributed by atoms with van der Waals surface area (Å²) in [7, 11) is 0. The van der Waals surface area contributed by atoms with E-state index in [1.54, 1.807) is 11.0 Å². The van der Waals surface area contributed by atoms with E-state index in [-0.39, 0.29) is 0 Å². The van der Waals surface area contributed by atoms with Crippen LogP contribution < -0.4 is 5.32 Å². The minimum Gasteiger partial charge on any atom is -0.310 e. The molecule has 0 radical (unpaired) electrons. The third-order valence-corrected chi connectivity index (χ3v) is 2.74. The molecule has 1 N–H and O–H groups in total. The summed E-state index contributed by atoms with van der Waals surface area (Å²) in [4.78, 5) is 4.12. The van der Waals surface area contributed by atoms with Crippen LogP contribution in [0.25, 0.3) is 0 Å². The van der Waals surface area contributed by atoms with E-state index in [1.807, 2.05) is 6.92 Å². The Morgan fingerprint density at radius 3 is 2.50 bits per heavy atom. The van der Waals surface area contributed by atoms with Gasteiger partial charge in [-0.2, -0.15) is 18.3 Å². The Morgan fingerprint density at radius 1 is 1.20 bits per heavy atom. The highest BCUT2D eigenvalue weighted by atomic mass is 19.4. The van der Waals surface area contributed by atoms with Gasteiger partial charge >= 0.3 is 6.18 Å². The lowest BCUT2D eigenvalue weighted by atomic mass is 10.1. The van der Waals surface area contributed by atoms with E-state index in [0.29, 0.717) is 18.9 Å². The van der Waals surface area contributed by atoms with E-state index < -0.39 is 11.7 Å². The third kappa shape index (κ3) is 3.80. The summed E-state index contributed by atoms with van der Waals surface area (Å²) >= 11 is 0. The van der Waals surface area contributed by atoms with Gasteiger partial charge < -0.3 is 5.32 Å². The number of nitrogens with one attached hydrogen (secondary N) is 1. The highest BCUT2D eigenvalue weighted by Gasteiger charge is 2.29. The van der Waals surface area contributed by atoms with Gasteiger partial charge in [0.1, 0.15) is 6.33 Å². The molecule has 0 bridgehead atoms. The smallest absolute Gasteiger partial charge is 0.310 e. The minimum atomic E-state index is -4.30. The molecule has 2 rings (SSSR count). The van der Waals surface area contributed by atoms with Crippen LogP contribution in [0, 0.1) is 0 Å². The van der Waals surface area contributed by atoms with Crippen molar-refractivity contribution >= 4 is 0 Å². The Bertz CT molecular complexity index is 545. The molecule has 0 fully saturated rings. The van der Waals surface area contributed by atoms with Gasteiger partial charge in [-0.25, -0.2) is 9.67 Å². The van der Waals surface area contributed by atoms with Gasteiger partial charge in [0.25, 0.3) is 0 Å². The Hall–Kier alpha value is -1.89. The van der Waals surface area contributed by atoms with E-state index in [2.05, 4.69) is 15.4 Å². The van der Waals surface area contributed by atoms with Crippen molar-refractivity contribution in [3.05, 3.63) is 47.5 Å². The van der Waals surface area contributed by atoms with Crippen molar-refractivity contribution in [2.24, 2.45) is 0 Å². The lowest BCUT2D eigenvalue weighted by Gasteiger charge is -2.07. The van der Waals surface area contributed by atoms with E-state index in [9.17, 15) is 13.2 Å². The fraction of sp³-hybridized carbons (Fsp3) is 0.385.